The van der Waals surface area contributed by atoms with Crippen LogP contribution in [0.1, 0.15) is 37.8 Å². The molecule has 1 aliphatic heterocycles. The number of hydrogen-bond acceptors (Lipinski definition) is 5. The molecule has 2 heterocycles. The van der Waals surface area contributed by atoms with Crippen LogP contribution in [0.25, 0.3) is 12.2 Å². The van der Waals surface area contributed by atoms with Crippen LogP contribution >= 0.6 is 11.3 Å². The maximum absolute atomic E-state index is 13.1. The number of carbonyl (C=O) groups excluding carboxylic acids is 2. The molecule has 0 N–H and O–H groups in total. The van der Waals surface area contributed by atoms with Gasteiger partial charge in [0.05, 0.1) is 22.8 Å². The molecule has 0 spiro atoms. The Bertz CT molecular complexity index is 1190. The molecule has 1 aliphatic rings. The molecular weight excluding hydrogens is 457 g/mol. The van der Waals surface area contributed by atoms with E-state index in [1.807, 2.05) is 0 Å². The Kier molecular flexibility index (Phi) is 7.78. The largest absolute Gasteiger partial charge is 0.463 e. The third-order valence-electron chi connectivity index (χ3n) is 5.41. The van der Waals surface area contributed by atoms with Crippen molar-refractivity contribution in [1.29, 1.82) is 0 Å². The van der Waals surface area contributed by atoms with Gasteiger partial charge in [0.25, 0.3) is 5.56 Å². The number of amides is 1. The summed E-state index contributed by atoms with van der Waals surface area (Å²) in [6, 6.07) is 4.60. The summed E-state index contributed by atoms with van der Waals surface area (Å²) >= 11 is 0.924. The second-order valence-corrected chi connectivity index (χ2v) is 8.99. The van der Waals surface area contributed by atoms with Crippen molar-refractivity contribution in [3.05, 3.63) is 54.9 Å². The average molecular weight is 483 g/mol. The van der Waals surface area contributed by atoms with E-state index in [2.05, 4.69) is 6.92 Å². The highest BCUT2D eigenvalue weighted by Crippen LogP contribution is 2.29. The van der Waals surface area contributed by atoms with Gasteiger partial charge in [-0.15, -0.1) is 11.3 Å². The first-order chi connectivity index (χ1) is 15.6. The van der Waals surface area contributed by atoms with Crippen molar-refractivity contribution >= 4 is 35.4 Å². The van der Waals surface area contributed by atoms with Gasteiger partial charge in [-0.05, 0) is 49.5 Å². The van der Waals surface area contributed by atoms with Crippen LogP contribution < -0.4 is 14.8 Å². The Balaban J connectivity index is 2.02. The van der Waals surface area contributed by atoms with E-state index in [9.17, 15) is 27.6 Å². The van der Waals surface area contributed by atoms with Crippen LogP contribution in [0.2, 0.25) is 0 Å². The summed E-state index contributed by atoms with van der Waals surface area (Å²) in [4.78, 5) is 39.6. The lowest BCUT2D eigenvalue weighted by molar-refractivity contribution is -0.137. The molecule has 0 atom stereocenters. The third kappa shape index (κ3) is 6.34. The quantitative estimate of drug-likeness (QED) is 0.614. The molecule has 0 radical (unpaired) electrons. The first-order valence-electron chi connectivity index (χ1n) is 10.6. The first-order valence-corrected chi connectivity index (χ1v) is 11.4. The maximum atomic E-state index is 13.1. The zero-order chi connectivity index (χ0) is 24.2. The van der Waals surface area contributed by atoms with E-state index in [4.69, 9.17) is 4.74 Å². The first kappa shape index (κ1) is 24.8. The SMILES string of the molecule is CCOC(=O)/C=c1\s/c(=C\c2cccc(C(F)(F)F)c2)c(=O)n1CC(=O)N1CCC(C)CC1. The number of aromatic nitrogens is 1. The van der Waals surface area contributed by atoms with Gasteiger partial charge in [0.1, 0.15) is 11.2 Å². The summed E-state index contributed by atoms with van der Waals surface area (Å²) in [5, 5.41) is 0. The van der Waals surface area contributed by atoms with Crippen LogP contribution in [0.15, 0.2) is 29.1 Å². The topological polar surface area (TPSA) is 68.6 Å². The zero-order valence-electron chi connectivity index (χ0n) is 18.4. The molecule has 3 rings (SSSR count). The highest BCUT2D eigenvalue weighted by molar-refractivity contribution is 7.07. The number of likely N-dealkylation sites (tertiary alicyclic amines) is 1. The normalized spacial score (nSPS) is 16.3. The Hall–Kier alpha value is -2.88. The van der Waals surface area contributed by atoms with E-state index >= 15 is 0 Å². The van der Waals surface area contributed by atoms with E-state index in [1.54, 1.807) is 11.8 Å². The average Bonchev–Trinajstić information content (AvgIpc) is 3.02. The van der Waals surface area contributed by atoms with Gasteiger partial charge in [-0.3, -0.25) is 14.2 Å². The third-order valence-corrected chi connectivity index (χ3v) is 6.47. The zero-order valence-corrected chi connectivity index (χ0v) is 19.2. The number of halogens is 3. The van der Waals surface area contributed by atoms with E-state index in [-0.39, 0.29) is 33.8 Å². The van der Waals surface area contributed by atoms with Crippen LogP contribution in [0.4, 0.5) is 13.2 Å². The summed E-state index contributed by atoms with van der Waals surface area (Å²) in [5.41, 5.74) is -1.19. The number of alkyl halides is 3. The minimum absolute atomic E-state index is 0.116. The molecule has 0 saturated carbocycles. The summed E-state index contributed by atoms with van der Waals surface area (Å²) in [6.45, 7) is 4.83. The molecular formula is C23H25F3N2O4S. The van der Waals surface area contributed by atoms with Crippen LogP contribution in [0, 0.1) is 5.92 Å². The van der Waals surface area contributed by atoms with Gasteiger partial charge in [-0.25, -0.2) is 4.79 Å². The fourth-order valence-electron chi connectivity index (χ4n) is 3.53. The van der Waals surface area contributed by atoms with Crippen molar-refractivity contribution in [2.24, 2.45) is 5.92 Å². The van der Waals surface area contributed by atoms with Crippen LogP contribution in [-0.4, -0.2) is 41.0 Å². The standard InChI is InChI=1S/C23H25F3N2O4S/c1-3-32-21(30)13-20-28(14-19(29)27-9-7-15(2)8-10-27)22(31)18(33-20)12-16-5-4-6-17(11-16)23(24,25)26/h4-6,11-13,15H,3,7-10,14H2,1-2H3/b18-12-,20-13-. The molecule has 6 nitrogen and oxygen atoms in total. The Morgan fingerprint density at radius 1 is 1.24 bits per heavy atom. The maximum Gasteiger partial charge on any atom is 0.416 e. The lowest BCUT2D eigenvalue weighted by Crippen LogP contribution is -2.43. The van der Waals surface area contributed by atoms with E-state index in [0.717, 1.165) is 42.4 Å². The fraction of sp³-hybridized carbons (Fsp3) is 0.435. The van der Waals surface area contributed by atoms with E-state index < -0.39 is 23.3 Å². The van der Waals surface area contributed by atoms with Crippen molar-refractivity contribution in [3.8, 4) is 0 Å². The monoisotopic (exact) mass is 482 g/mol. The molecule has 1 amide bonds. The van der Waals surface area contributed by atoms with Gasteiger partial charge >= 0.3 is 12.1 Å². The second kappa shape index (κ2) is 10.4. The number of esters is 1. The minimum atomic E-state index is -4.51. The predicted molar refractivity (Wildman–Crippen MR) is 119 cm³/mol. The molecule has 0 unspecified atom stereocenters. The van der Waals surface area contributed by atoms with E-state index in [1.165, 1.54) is 22.8 Å². The molecule has 178 valence electrons. The minimum Gasteiger partial charge on any atom is -0.463 e. The number of rotatable bonds is 5. The van der Waals surface area contributed by atoms with Gasteiger partial charge in [0.15, 0.2) is 0 Å². The van der Waals surface area contributed by atoms with Gasteiger partial charge in [-0.2, -0.15) is 13.2 Å². The fourth-order valence-corrected chi connectivity index (χ4v) is 4.56. The number of ether oxygens (including phenoxy) is 1. The number of nitrogens with zero attached hydrogens (tertiary/aromatic N) is 2. The van der Waals surface area contributed by atoms with Gasteiger partial charge in [0, 0.05) is 13.1 Å². The molecule has 33 heavy (non-hydrogen) atoms. The van der Waals surface area contributed by atoms with Crippen LogP contribution in [0.3, 0.4) is 0 Å². The molecule has 10 heteroatoms. The summed E-state index contributed by atoms with van der Waals surface area (Å²) in [6.07, 6.45) is -0.305. The molecule has 1 aromatic carbocycles. The summed E-state index contributed by atoms with van der Waals surface area (Å²) in [5.74, 6) is -0.386. The van der Waals surface area contributed by atoms with Gasteiger partial charge < -0.3 is 9.64 Å². The molecule has 1 saturated heterocycles. The Morgan fingerprint density at radius 2 is 1.94 bits per heavy atom. The summed E-state index contributed by atoms with van der Waals surface area (Å²) < 4.78 is 45.5. The highest BCUT2D eigenvalue weighted by Gasteiger charge is 2.30. The molecule has 1 aromatic heterocycles. The van der Waals surface area contributed by atoms with Crippen molar-refractivity contribution < 1.29 is 27.5 Å². The number of carbonyl (C=O) groups is 2. The van der Waals surface area contributed by atoms with E-state index in [0.29, 0.717) is 19.0 Å². The second-order valence-electron chi connectivity index (χ2n) is 7.92. The number of piperidine rings is 1. The smallest absolute Gasteiger partial charge is 0.416 e. The Morgan fingerprint density at radius 3 is 2.58 bits per heavy atom. The van der Waals surface area contributed by atoms with Crippen molar-refractivity contribution in [1.82, 2.24) is 9.47 Å². The van der Waals surface area contributed by atoms with Crippen LogP contribution in [-0.2, 0) is 27.0 Å². The van der Waals surface area contributed by atoms with Crippen molar-refractivity contribution in [2.75, 3.05) is 19.7 Å². The van der Waals surface area contributed by atoms with Crippen molar-refractivity contribution in [3.63, 3.8) is 0 Å². The molecule has 0 bridgehead atoms. The van der Waals surface area contributed by atoms with Crippen molar-refractivity contribution in [2.45, 2.75) is 39.4 Å². The highest BCUT2D eigenvalue weighted by atomic mass is 32.1. The number of hydrogen-bond donors (Lipinski definition) is 0. The van der Waals surface area contributed by atoms with Crippen LogP contribution in [0.5, 0.6) is 0 Å². The lowest BCUT2D eigenvalue weighted by atomic mass is 9.99. The van der Waals surface area contributed by atoms with Gasteiger partial charge in [-0.1, -0.05) is 19.1 Å². The molecule has 0 aliphatic carbocycles. The molecule has 1 fully saturated rings. The number of benzene rings is 1. The molecule has 2 aromatic rings. The Labute approximate surface area is 192 Å². The van der Waals surface area contributed by atoms with Gasteiger partial charge in [0.2, 0.25) is 5.91 Å². The predicted octanol–water partition coefficient (Wildman–Crippen LogP) is 2.36. The summed E-state index contributed by atoms with van der Waals surface area (Å²) in [7, 11) is 0. The lowest BCUT2D eigenvalue weighted by Gasteiger charge is -2.30. The number of thiazole rings is 1.